The van der Waals surface area contributed by atoms with Crippen LogP contribution in [-0.2, 0) is 19.1 Å². The number of carbonyl (C=O) groups excluding carboxylic acids is 2. The zero-order chi connectivity index (χ0) is 11.3. The molecule has 0 saturated carbocycles. The molecule has 7 heteroatoms. The van der Waals surface area contributed by atoms with Gasteiger partial charge in [0, 0.05) is 13.1 Å². The summed E-state index contributed by atoms with van der Waals surface area (Å²) in [6.45, 7) is 0.0468. The summed E-state index contributed by atoms with van der Waals surface area (Å²) in [7, 11) is 0. The molecule has 7 nitrogen and oxygen atoms in total. The number of carbonyl (C=O) groups is 3. The number of nitrogens with one attached hydrogen (secondary N) is 1. The molecule has 1 saturated heterocycles. The van der Waals surface area contributed by atoms with Gasteiger partial charge in [0.25, 0.3) is 0 Å². The maximum atomic E-state index is 11.4. The number of aliphatic carboxylic acids is 1. The number of rotatable bonds is 4. The molecular weight excluding hydrogens is 204 g/mol. The Kier molecular flexibility index (Phi) is 4.04. The SMILES string of the molecule is O=C(O)COCC(=O)N1CCNC(=O)C1. The Morgan fingerprint density at radius 2 is 2.20 bits per heavy atom. The van der Waals surface area contributed by atoms with E-state index in [-0.39, 0.29) is 25.0 Å². The third kappa shape index (κ3) is 3.94. The van der Waals surface area contributed by atoms with Crippen LogP contribution in [0.25, 0.3) is 0 Å². The Morgan fingerprint density at radius 1 is 1.47 bits per heavy atom. The van der Waals surface area contributed by atoms with Gasteiger partial charge in [-0.15, -0.1) is 0 Å². The first-order chi connectivity index (χ1) is 7.09. The van der Waals surface area contributed by atoms with E-state index >= 15 is 0 Å². The van der Waals surface area contributed by atoms with Crippen LogP contribution in [0.5, 0.6) is 0 Å². The van der Waals surface area contributed by atoms with E-state index in [9.17, 15) is 14.4 Å². The lowest BCUT2D eigenvalue weighted by Gasteiger charge is -2.26. The molecule has 0 radical (unpaired) electrons. The number of hydrogen-bond donors (Lipinski definition) is 2. The first-order valence-corrected chi connectivity index (χ1v) is 4.43. The molecule has 0 aliphatic carbocycles. The van der Waals surface area contributed by atoms with Crippen LogP contribution in [0.1, 0.15) is 0 Å². The number of ether oxygens (including phenoxy) is 1. The van der Waals surface area contributed by atoms with Crippen molar-refractivity contribution in [3.05, 3.63) is 0 Å². The second kappa shape index (κ2) is 5.30. The summed E-state index contributed by atoms with van der Waals surface area (Å²) in [5.41, 5.74) is 0. The van der Waals surface area contributed by atoms with Crippen LogP contribution >= 0.6 is 0 Å². The number of hydrogen-bond acceptors (Lipinski definition) is 4. The Bertz CT molecular complexity index is 278. The Balaban J connectivity index is 2.27. The highest BCUT2D eigenvalue weighted by molar-refractivity contribution is 5.86. The summed E-state index contributed by atoms with van der Waals surface area (Å²) in [5.74, 6) is -1.71. The van der Waals surface area contributed by atoms with E-state index in [0.717, 1.165) is 0 Å². The van der Waals surface area contributed by atoms with E-state index in [2.05, 4.69) is 10.1 Å². The van der Waals surface area contributed by atoms with Crippen LogP contribution in [0.15, 0.2) is 0 Å². The maximum Gasteiger partial charge on any atom is 0.329 e. The van der Waals surface area contributed by atoms with Crippen LogP contribution in [0.2, 0.25) is 0 Å². The lowest BCUT2D eigenvalue weighted by Crippen LogP contribution is -2.51. The van der Waals surface area contributed by atoms with Crippen molar-refractivity contribution in [1.29, 1.82) is 0 Å². The zero-order valence-corrected chi connectivity index (χ0v) is 8.06. The fraction of sp³-hybridized carbons (Fsp3) is 0.625. The molecule has 1 aliphatic rings. The van der Waals surface area contributed by atoms with Gasteiger partial charge in [0.15, 0.2) is 0 Å². The fourth-order valence-corrected chi connectivity index (χ4v) is 1.17. The average Bonchev–Trinajstić information content (AvgIpc) is 2.17. The molecule has 0 spiro atoms. The summed E-state index contributed by atoms with van der Waals surface area (Å²) in [5, 5.41) is 10.8. The number of carboxylic acids is 1. The van der Waals surface area contributed by atoms with Gasteiger partial charge in [-0.05, 0) is 0 Å². The fourth-order valence-electron chi connectivity index (χ4n) is 1.17. The van der Waals surface area contributed by atoms with Gasteiger partial charge in [-0.2, -0.15) is 0 Å². The minimum Gasteiger partial charge on any atom is -0.480 e. The Morgan fingerprint density at radius 3 is 2.80 bits per heavy atom. The molecule has 1 rings (SSSR count). The largest absolute Gasteiger partial charge is 0.480 e. The van der Waals surface area contributed by atoms with Crippen molar-refractivity contribution >= 4 is 17.8 Å². The van der Waals surface area contributed by atoms with Crippen molar-refractivity contribution in [2.45, 2.75) is 0 Å². The first-order valence-electron chi connectivity index (χ1n) is 4.43. The quantitative estimate of drug-likeness (QED) is 0.569. The normalized spacial score (nSPS) is 16.0. The van der Waals surface area contributed by atoms with Crippen molar-refractivity contribution in [2.75, 3.05) is 32.8 Å². The summed E-state index contributed by atoms with van der Waals surface area (Å²) >= 11 is 0. The second-order valence-electron chi connectivity index (χ2n) is 3.05. The highest BCUT2D eigenvalue weighted by atomic mass is 16.5. The molecule has 1 fully saturated rings. The van der Waals surface area contributed by atoms with Crippen LogP contribution in [0.3, 0.4) is 0 Å². The van der Waals surface area contributed by atoms with Gasteiger partial charge in [0.05, 0.1) is 6.54 Å². The minimum atomic E-state index is -1.13. The summed E-state index contributed by atoms with van der Waals surface area (Å²) < 4.78 is 4.62. The maximum absolute atomic E-state index is 11.4. The second-order valence-corrected chi connectivity index (χ2v) is 3.05. The molecule has 2 amide bonds. The van der Waals surface area contributed by atoms with Gasteiger partial charge in [-0.1, -0.05) is 0 Å². The van der Waals surface area contributed by atoms with Crippen molar-refractivity contribution in [1.82, 2.24) is 10.2 Å². The van der Waals surface area contributed by atoms with Crippen molar-refractivity contribution < 1.29 is 24.2 Å². The monoisotopic (exact) mass is 216 g/mol. The average molecular weight is 216 g/mol. The third-order valence-electron chi connectivity index (χ3n) is 1.84. The van der Waals surface area contributed by atoms with E-state index < -0.39 is 12.6 Å². The van der Waals surface area contributed by atoms with Crippen LogP contribution in [-0.4, -0.2) is 60.6 Å². The van der Waals surface area contributed by atoms with Crippen LogP contribution in [0.4, 0.5) is 0 Å². The van der Waals surface area contributed by atoms with E-state index in [1.807, 2.05) is 0 Å². The van der Waals surface area contributed by atoms with Gasteiger partial charge in [-0.25, -0.2) is 4.79 Å². The highest BCUT2D eigenvalue weighted by Crippen LogP contribution is 1.94. The van der Waals surface area contributed by atoms with E-state index in [4.69, 9.17) is 5.11 Å². The lowest BCUT2D eigenvalue weighted by molar-refractivity contribution is -0.147. The predicted molar refractivity (Wildman–Crippen MR) is 48.0 cm³/mol. The summed E-state index contributed by atoms with van der Waals surface area (Å²) in [6.07, 6.45) is 0. The zero-order valence-electron chi connectivity index (χ0n) is 8.06. The van der Waals surface area contributed by atoms with Gasteiger partial charge < -0.3 is 20.1 Å². The summed E-state index contributed by atoms with van der Waals surface area (Å²) in [4.78, 5) is 33.7. The topological polar surface area (TPSA) is 95.9 Å². The first kappa shape index (κ1) is 11.4. The molecule has 84 valence electrons. The van der Waals surface area contributed by atoms with Gasteiger partial charge in [0.1, 0.15) is 13.2 Å². The lowest BCUT2D eigenvalue weighted by atomic mass is 10.3. The molecule has 0 atom stereocenters. The molecule has 0 unspecified atom stereocenters. The van der Waals surface area contributed by atoms with E-state index in [1.165, 1.54) is 4.90 Å². The molecule has 0 aromatic rings. The molecule has 2 N–H and O–H groups in total. The minimum absolute atomic E-state index is 0.00919. The van der Waals surface area contributed by atoms with Gasteiger partial charge >= 0.3 is 5.97 Å². The highest BCUT2D eigenvalue weighted by Gasteiger charge is 2.20. The molecule has 0 aromatic heterocycles. The molecule has 1 heterocycles. The standard InChI is InChI=1S/C8H12N2O5/c11-6-3-10(2-1-9-6)7(12)4-15-5-8(13)14/h1-5H2,(H,9,11)(H,13,14). The van der Waals surface area contributed by atoms with E-state index in [1.54, 1.807) is 0 Å². The number of nitrogens with zero attached hydrogens (tertiary/aromatic N) is 1. The van der Waals surface area contributed by atoms with Gasteiger partial charge in [-0.3, -0.25) is 9.59 Å². The van der Waals surface area contributed by atoms with Crippen molar-refractivity contribution in [3.63, 3.8) is 0 Å². The smallest absolute Gasteiger partial charge is 0.329 e. The Labute approximate surface area is 86.0 Å². The van der Waals surface area contributed by atoms with Crippen molar-refractivity contribution in [3.8, 4) is 0 Å². The molecule has 1 aliphatic heterocycles. The Hall–Kier alpha value is -1.63. The molecule has 0 bridgehead atoms. The third-order valence-corrected chi connectivity index (χ3v) is 1.84. The van der Waals surface area contributed by atoms with Crippen molar-refractivity contribution in [2.24, 2.45) is 0 Å². The molecule has 15 heavy (non-hydrogen) atoms. The number of amides is 2. The molecule has 0 aromatic carbocycles. The predicted octanol–water partition coefficient (Wildman–Crippen LogP) is -1.95. The van der Waals surface area contributed by atoms with E-state index in [0.29, 0.717) is 13.1 Å². The van der Waals surface area contributed by atoms with Crippen LogP contribution in [0, 0.1) is 0 Å². The summed E-state index contributed by atoms with van der Waals surface area (Å²) in [6, 6.07) is 0. The molecular formula is C8H12N2O5. The van der Waals surface area contributed by atoms with Crippen LogP contribution < -0.4 is 5.32 Å². The van der Waals surface area contributed by atoms with Gasteiger partial charge in [0.2, 0.25) is 11.8 Å². The number of piperazine rings is 1. The number of carboxylic acid groups (broad SMARTS) is 1.